The van der Waals surface area contributed by atoms with Crippen LogP contribution in [-0.4, -0.2) is 46.0 Å². The lowest BCUT2D eigenvalue weighted by atomic mass is 9.93. The van der Waals surface area contributed by atoms with Gasteiger partial charge in [-0.05, 0) is 37.6 Å². The van der Waals surface area contributed by atoms with E-state index in [9.17, 15) is 0 Å². The molecule has 2 aromatic rings. The third-order valence-electron chi connectivity index (χ3n) is 4.54. The number of likely N-dealkylation sites (tertiary alicyclic amines) is 1. The van der Waals surface area contributed by atoms with Gasteiger partial charge in [-0.2, -0.15) is 5.10 Å². The van der Waals surface area contributed by atoms with E-state index in [-0.39, 0.29) is 6.61 Å². The van der Waals surface area contributed by atoms with Gasteiger partial charge in [0.2, 0.25) is 0 Å². The molecule has 1 aliphatic heterocycles. The van der Waals surface area contributed by atoms with Crippen molar-refractivity contribution in [3.8, 4) is 0 Å². The Hall–Kier alpha value is -1.91. The molecule has 0 amide bonds. The van der Waals surface area contributed by atoms with E-state index in [0.717, 1.165) is 32.5 Å². The van der Waals surface area contributed by atoms with Crippen LogP contribution in [0.25, 0.3) is 6.08 Å². The van der Waals surface area contributed by atoms with Gasteiger partial charge in [0.1, 0.15) is 0 Å². The molecule has 1 saturated heterocycles. The first-order chi connectivity index (χ1) is 11.4. The number of benzene rings is 1. The second-order valence-corrected chi connectivity index (χ2v) is 6.09. The van der Waals surface area contributed by atoms with Crippen LogP contribution in [0.4, 0.5) is 0 Å². The molecule has 1 fully saturated rings. The van der Waals surface area contributed by atoms with Crippen molar-refractivity contribution in [1.29, 1.82) is 0 Å². The molecular formula is C19H25N3O. The number of rotatable bonds is 6. The fourth-order valence-corrected chi connectivity index (χ4v) is 3.28. The van der Waals surface area contributed by atoms with Crippen LogP contribution in [0.3, 0.4) is 0 Å². The zero-order valence-corrected chi connectivity index (χ0v) is 13.5. The molecule has 0 bridgehead atoms. The Labute approximate surface area is 138 Å². The average Bonchev–Trinajstić information content (AvgIpc) is 3.05. The predicted molar refractivity (Wildman–Crippen MR) is 93.2 cm³/mol. The average molecular weight is 311 g/mol. The van der Waals surface area contributed by atoms with Gasteiger partial charge in [-0.15, -0.1) is 0 Å². The minimum absolute atomic E-state index is 0.151. The van der Waals surface area contributed by atoms with Crippen molar-refractivity contribution in [2.45, 2.75) is 25.3 Å². The largest absolute Gasteiger partial charge is 0.394 e. The van der Waals surface area contributed by atoms with E-state index < -0.39 is 0 Å². The number of hydrogen-bond acceptors (Lipinski definition) is 3. The number of aromatic nitrogens is 2. The van der Waals surface area contributed by atoms with Crippen LogP contribution in [0.1, 0.15) is 30.0 Å². The molecule has 1 aliphatic rings. The van der Waals surface area contributed by atoms with Crippen LogP contribution < -0.4 is 0 Å². The van der Waals surface area contributed by atoms with Gasteiger partial charge in [0.15, 0.2) is 0 Å². The number of piperidine rings is 1. The summed E-state index contributed by atoms with van der Waals surface area (Å²) in [5.74, 6) is 0.568. The molecule has 1 N–H and O–H groups in total. The summed E-state index contributed by atoms with van der Waals surface area (Å²) < 4.78 is 1.95. The summed E-state index contributed by atoms with van der Waals surface area (Å²) in [7, 11) is 0. The third kappa shape index (κ3) is 4.30. The fraction of sp³-hybridized carbons (Fsp3) is 0.421. The van der Waals surface area contributed by atoms with Crippen LogP contribution in [0.15, 0.2) is 48.7 Å². The minimum atomic E-state index is 0.151. The third-order valence-corrected chi connectivity index (χ3v) is 4.54. The van der Waals surface area contributed by atoms with E-state index in [1.165, 1.54) is 11.3 Å². The van der Waals surface area contributed by atoms with Crippen LogP contribution in [0.2, 0.25) is 0 Å². The van der Waals surface area contributed by atoms with Crippen molar-refractivity contribution in [2.75, 3.05) is 26.2 Å². The molecule has 23 heavy (non-hydrogen) atoms. The van der Waals surface area contributed by atoms with Crippen LogP contribution >= 0.6 is 0 Å². The van der Waals surface area contributed by atoms with Gasteiger partial charge in [0, 0.05) is 24.4 Å². The molecule has 0 saturated carbocycles. The van der Waals surface area contributed by atoms with E-state index in [2.05, 4.69) is 52.5 Å². The molecule has 1 aromatic heterocycles. The fourth-order valence-electron chi connectivity index (χ4n) is 3.28. The van der Waals surface area contributed by atoms with Crippen molar-refractivity contribution in [1.82, 2.24) is 14.7 Å². The van der Waals surface area contributed by atoms with Gasteiger partial charge >= 0.3 is 0 Å². The molecule has 0 unspecified atom stereocenters. The second-order valence-electron chi connectivity index (χ2n) is 6.09. The van der Waals surface area contributed by atoms with Crippen molar-refractivity contribution >= 4 is 6.08 Å². The van der Waals surface area contributed by atoms with E-state index in [0.29, 0.717) is 12.5 Å². The summed E-state index contributed by atoms with van der Waals surface area (Å²) in [5, 5.41) is 13.4. The summed E-state index contributed by atoms with van der Waals surface area (Å²) in [6.45, 7) is 4.00. The molecule has 0 radical (unpaired) electrons. The molecule has 0 spiro atoms. The van der Waals surface area contributed by atoms with Crippen molar-refractivity contribution < 1.29 is 5.11 Å². The number of hydrogen-bond donors (Lipinski definition) is 1. The van der Waals surface area contributed by atoms with Crippen LogP contribution in [0.5, 0.6) is 0 Å². The first-order valence-electron chi connectivity index (χ1n) is 8.43. The Balaban J connectivity index is 1.48. The van der Waals surface area contributed by atoms with Crippen LogP contribution in [0, 0.1) is 0 Å². The maximum Gasteiger partial charge on any atom is 0.0644 e. The summed E-state index contributed by atoms with van der Waals surface area (Å²) in [5.41, 5.74) is 2.54. The first-order valence-corrected chi connectivity index (χ1v) is 8.43. The molecule has 0 aliphatic carbocycles. The molecule has 3 rings (SSSR count). The standard InChI is InChI=1S/C19H25N3O/c23-16-15-22-19(8-11-20-22)18-9-13-21(14-10-18)12-4-7-17-5-2-1-3-6-17/h1-8,11,18,23H,9-10,12-16H2/b7-4+. The maximum absolute atomic E-state index is 9.12. The molecule has 1 aromatic carbocycles. The van der Waals surface area contributed by atoms with Gasteiger partial charge in [-0.25, -0.2) is 0 Å². The monoisotopic (exact) mass is 311 g/mol. The van der Waals surface area contributed by atoms with Gasteiger partial charge in [0.05, 0.1) is 13.2 Å². The highest BCUT2D eigenvalue weighted by Gasteiger charge is 2.22. The second kappa shape index (κ2) is 8.09. The lowest BCUT2D eigenvalue weighted by Crippen LogP contribution is -2.33. The quantitative estimate of drug-likeness (QED) is 0.892. The number of aliphatic hydroxyl groups is 1. The van der Waals surface area contributed by atoms with E-state index in [1.807, 2.05) is 16.9 Å². The van der Waals surface area contributed by atoms with E-state index in [4.69, 9.17) is 5.11 Å². The highest BCUT2D eigenvalue weighted by atomic mass is 16.3. The van der Waals surface area contributed by atoms with Gasteiger partial charge in [-0.1, -0.05) is 42.5 Å². The molecule has 2 heterocycles. The summed E-state index contributed by atoms with van der Waals surface area (Å²) >= 11 is 0. The van der Waals surface area contributed by atoms with E-state index >= 15 is 0 Å². The van der Waals surface area contributed by atoms with Gasteiger partial charge in [-0.3, -0.25) is 9.58 Å². The Morgan fingerprint density at radius 2 is 1.91 bits per heavy atom. The van der Waals surface area contributed by atoms with Gasteiger partial charge < -0.3 is 5.11 Å². The van der Waals surface area contributed by atoms with Gasteiger partial charge in [0.25, 0.3) is 0 Å². The highest BCUT2D eigenvalue weighted by molar-refractivity contribution is 5.48. The smallest absolute Gasteiger partial charge is 0.0644 e. The number of aliphatic hydroxyl groups excluding tert-OH is 1. The lowest BCUT2D eigenvalue weighted by Gasteiger charge is -2.31. The highest BCUT2D eigenvalue weighted by Crippen LogP contribution is 2.27. The zero-order chi connectivity index (χ0) is 15.9. The molecular weight excluding hydrogens is 286 g/mol. The summed E-state index contributed by atoms with van der Waals surface area (Å²) in [6, 6.07) is 12.5. The predicted octanol–water partition coefficient (Wildman–Crippen LogP) is 2.77. The SMILES string of the molecule is OCCn1nccc1C1CCN(C/C=C/c2ccccc2)CC1. The Morgan fingerprint density at radius 3 is 2.65 bits per heavy atom. The lowest BCUT2D eigenvalue weighted by molar-refractivity contribution is 0.223. The summed E-state index contributed by atoms with van der Waals surface area (Å²) in [6.07, 6.45) is 8.63. The maximum atomic E-state index is 9.12. The molecule has 122 valence electrons. The van der Waals surface area contributed by atoms with Crippen molar-refractivity contribution in [3.63, 3.8) is 0 Å². The van der Waals surface area contributed by atoms with Crippen molar-refractivity contribution in [2.24, 2.45) is 0 Å². The zero-order valence-electron chi connectivity index (χ0n) is 13.5. The Kier molecular flexibility index (Phi) is 5.61. The Bertz CT molecular complexity index is 613. The van der Waals surface area contributed by atoms with Crippen LogP contribution in [-0.2, 0) is 6.54 Å². The Morgan fingerprint density at radius 1 is 1.13 bits per heavy atom. The van der Waals surface area contributed by atoms with Crippen molar-refractivity contribution in [3.05, 3.63) is 59.9 Å². The molecule has 4 nitrogen and oxygen atoms in total. The first kappa shape index (κ1) is 16.0. The molecule has 0 atom stereocenters. The topological polar surface area (TPSA) is 41.3 Å². The number of nitrogens with zero attached hydrogens (tertiary/aromatic N) is 3. The molecule has 4 heteroatoms. The normalized spacial score (nSPS) is 17.1. The summed E-state index contributed by atoms with van der Waals surface area (Å²) in [4.78, 5) is 2.50. The minimum Gasteiger partial charge on any atom is -0.394 e. The van der Waals surface area contributed by atoms with E-state index in [1.54, 1.807) is 0 Å².